The molecule has 0 spiro atoms. The lowest BCUT2D eigenvalue weighted by Crippen LogP contribution is -2.19. The van der Waals surface area contributed by atoms with Crippen molar-refractivity contribution in [1.29, 1.82) is 0 Å². The summed E-state index contributed by atoms with van der Waals surface area (Å²) in [4.78, 5) is 0. The van der Waals surface area contributed by atoms with Crippen molar-refractivity contribution in [2.45, 2.75) is 32.7 Å². The molecule has 3 heteroatoms. The fraction of sp³-hybridized carbons (Fsp3) is 0.444. The molecule has 0 radical (unpaired) electrons. The van der Waals surface area contributed by atoms with Gasteiger partial charge < -0.3 is 14.5 Å². The molecule has 0 fully saturated rings. The van der Waals surface area contributed by atoms with Crippen molar-refractivity contribution in [3.05, 3.63) is 54.0 Å². The highest BCUT2D eigenvalue weighted by molar-refractivity contribution is 5.26. The number of nitrogens with one attached hydrogen (secondary N) is 1. The standard InChI is InChI=1S/C18H25NO2/c1-14(2)17(18-5-4-12-21-18)10-11-19-13-15-6-8-16(20-3)9-7-15/h4-9,12,14,17,19H,10-11,13H2,1-3H3. The smallest absolute Gasteiger partial charge is 0.118 e. The van der Waals surface area contributed by atoms with Crippen molar-refractivity contribution >= 4 is 0 Å². The van der Waals surface area contributed by atoms with Gasteiger partial charge in [-0.2, -0.15) is 0 Å². The SMILES string of the molecule is COc1ccc(CNCCC(c2ccco2)C(C)C)cc1. The first kappa shape index (κ1) is 15.6. The largest absolute Gasteiger partial charge is 0.497 e. The molecule has 0 aliphatic carbocycles. The van der Waals surface area contributed by atoms with Crippen LogP contribution in [0.4, 0.5) is 0 Å². The summed E-state index contributed by atoms with van der Waals surface area (Å²) in [6.45, 7) is 6.36. The van der Waals surface area contributed by atoms with Crippen LogP contribution in [0.5, 0.6) is 5.75 Å². The Balaban J connectivity index is 1.77. The van der Waals surface area contributed by atoms with Crippen LogP contribution in [0.3, 0.4) is 0 Å². The summed E-state index contributed by atoms with van der Waals surface area (Å²) >= 11 is 0. The second-order valence-corrected chi connectivity index (χ2v) is 5.68. The van der Waals surface area contributed by atoms with Crippen LogP contribution in [0.15, 0.2) is 47.1 Å². The van der Waals surface area contributed by atoms with Crippen LogP contribution in [-0.4, -0.2) is 13.7 Å². The Morgan fingerprint density at radius 3 is 2.48 bits per heavy atom. The maximum Gasteiger partial charge on any atom is 0.118 e. The molecule has 0 saturated carbocycles. The molecule has 1 aromatic carbocycles. The highest BCUT2D eigenvalue weighted by atomic mass is 16.5. The van der Waals surface area contributed by atoms with E-state index in [1.165, 1.54) is 5.56 Å². The number of rotatable bonds is 8. The molecule has 2 aromatic rings. The molecule has 3 nitrogen and oxygen atoms in total. The normalized spacial score (nSPS) is 12.6. The molecule has 0 amide bonds. The van der Waals surface area contributed by atoms with Crippen LogP contribution < -0.4 is 10.1 Å². The molecule has 1 unspecified atom stereocenters. The number of ether oxygens (including phenoxy) is 1. The number of hydrogen-bond acceptors (Lipinski definition) is 3. The van der Waals surface area contributed by atoms with E-state index in [0.29, 0.717) is 11.8 Å². The fourth-order valence-corrected chi connectivity index (χ4v) is 2.54. The average molecular weight is 287 g/mol. The van der Waals surface area contributed by atoms with Gasteiger partial charge in [0.1, 0.15) is 11.5 Å². The highest BCUT2D eigenvalue weighted by Gasteiger charge is 2.17. The van der Waals surface area contributed by atoms with E-state index in [1.807, 2.05) is 18.2 Å². The molecule has 0 aliphatic heterocycles. The Morgan fingerprint density at radius 1 is 1.14 bits per heavy atom. The van der Waals surface area contributed by atoms with Crippen LogP contribution in [0, 0.1) is 5.92 Å². The molecular formula is C18H25NO2. The first-order valence-corrected chi connectivity index (χ1v) is 7.57. The van der Waals surface area contributed by atoms with Crippen LogP contribution in [0.25, 0.3) is 0 Å². The second-order valence-electron chi connectivity index (χ2n) is 5.68. The van der Waals surface area contributed by atoms with E-state index < -0.39 is 0 Å². The molecule has 1 atom stereocenters. The predicted molar refractivity (Wildman–Crippen MR) is 85.6 cm³/mol. The Labute approximate surface area is 127 Å². The molecule has 0 bridgehead atoms. The second kappa shape index (κ2) is 7.89. The van der Waals surface area contributed by atoms with Crippen LogP contribution in [-0.2, 0) is 6.54 Å². The van der Waals surface area contributed by atoms with E-state index in [4.69, 9.17) is 9.15 Å². The summed E-state index contributed by atoms with van der Waals surface area (Å²) in [5.41, 5.74) is 1.27. The Hall–Kier alpha value is -1.74. The molecule has 2 rings (SSSR count). The fourth-order valence-electron chi connectivity index (χ4n) is 2.54. The molecular weight excluding hydrogens is 262 g/mol. The zero-order valence-electron chi connectivity index (χ0n) is 13.1. The third-order valence-corrected chi connectivity index (χ3v) is 3.83. The lowest BCUT2D eigenvalue weighted by atomic mass is 9.90. The van der Waals surface area contributed by atoms with Crippen molar-refractivity contribution in [3.8, 4) is 5.75 Å². The Bertz CT molecular complexity index is 503. The first-order chi connectivity index (χ1) is 10.2. The summed E-state index contributed by atoms with van der Waals surface area (Å²) < 4.78 is 10.7. The van der Waals surface area contributed by atoms with Crippen LogP contribution in [0.2, 0.25) is 0 Å². The van der Waals surface area contributed by atoms with Gasteiger partial charge in [0.05, 0.1) is 13.4 Å². The van der Waals surface area contributed by atoms with Crippen molar-refractivity contribution in [3.63, 3.8) is 0 Å². The number of hydrogen-bond donors (Lipinski definition) is 1. The van der Waals surface area contributed by atoms with Crippen molar-refractivity contribution in [2.24, 2.45) is 5.92 Å². The van der Waals surface area contributed by atoms with E-state index in [2.05, 4.69) is 37.4 Å². The monoisotopic (exact) mass is 287 g/mol. The minimum atomic E-state index is 0.475. The van der Waals surface area contributed by atoms with Gasteiger partial charge in [-0.25, -0.2) is 0 Å². The molecule has 1 N–H and O–H groups in total. The van der Waals surface area contributed by atoms with Gasteiger partial charge in [-0.15, -0.1) is 0 Å². The maximum absolute atomic E-state index is 5.56. The van der Waals surface area contributed by atoms with Gasteiger partial charge in [-0.1, -0.05) is 26.0 Å². The van der Waals surface area contributed by atoms with Gasteiger partial charge in [0.2, 0.25) is 0 Å². The van der Waals surface area contributed by atoms with Crippen LogP contribution >= 0.6 is 0 Å². The average Bonchev–Trinajstić information content (AvgIpc) is 3.01. The number of methoxy groups -OCH3 is 1. The van der Waals surface area contributed by atoms with Gasteiger partial charge in [0.25, 0.3) is 0 Å². The summed E-state index contributed by atoms with van der Waals surface area (Å²) in [6, 6.07) is 12.2. The van der Waals surface area contributed by atoms with Crippen LogP contribution in [0.1, 0.15) is 37.5 Å². The highest BCUT2D eigenvalue weighted by Crippen LogP contribution is 2.27. The predicted octanol–water partition coefficient (Wildman–Crippen LogP) is 4.21. The number of benzene rings is 1. The first-order valence-electron chi connectivity index (χ1n) is 7.57. The Kier molecular flexibility index (Phi) is 5.88. The maximum atomic E-state index is 5.56. The third kappa shape index (κ3) is 4.64. The summed E-state index contributed by atoms with van der Waals surface area (Å²) in [5, 5.41) is 3.50. The van der Waals surface area contributed by atoms with Gasteiger partial charge >= 0.3 is 0 Å². The lowest BCUT2D eigenvalue weighted by molar-refractivity contribution is 0.372. The van der Waals surface area contributed by atoms with E-state index in [-0.39, 0.29) is 0 Å². The van der Waals surface area contributed by atoms with E-state index in [9.17, 15) is 0 Å². The van der Waals surface area contributed by atoms with Crippen molar-refractivity contribution in [1.82, 2.24) is 5.32 Å². The van der Waals surface area contributed by atoms with Gasteiger partial charge in [-0.3, -0.25) is 0 Å². The van der Waals surface area contributed by atoms with E-state index in [1.54, 1.807) is 13.4 Å². The minimum absolute atomic E-state index is 0.475. The molecule has 1 heterocycles. The quantitative estimate of drug-likeness (QED) is 0.739. The molecule has 1 aromatic heterocycles. The molecule has 0 saturated heterocycles. The summed E-state index contributed by atoms with van der Waals surface area (Å²) in [5.74, 6) is 3.05. The van der Waals surface area contributed by atoms with Crippen molar-refractivity contribution in [2.75, 3.05) is 13.7 Å². The van der Waals surface area contributed by atoms with Gasteiger partial charge in [0.15, 0.2) is 0 Å². The van der Waals surface area contributed by atoms with E-state index in [0.717, 1.165) is 31.0 Å². The van der Waals surface area contributed by atoms with Gasteiger partial charge in [-0.05, 0) is 48.7 Å². The minimum Gasteiger partial charge on any atom is -0.497 e. The molecule has 21 heavy (non-hydrogen) atoms. The lowest BCUT2D eigenvalue weighted by Gasteiger charge is -2.18. The number of furan rings is 1. The van der Waals surface area contributed by atoms with Crippen molar-refractivity contribution < 1.29 is 9.15 Å². The zero-order valence-corrected chi connectivity index (χ0v) is 13.1. The molecule has 114 valence electrons. The summed E-state index contributed by atoms with van der Waals surface area (Å²) in [6.07, 6.45) is 2.84. The zero-order chi connectivity index (χ0) is 15.1. The topological polar surface area (TPSA) is 34.4 Å². The Morgan fingerprint density at radius 2 is 1.90 bits per heavy atom. The summed E-state index contributed by atoms with van der Waals surface area (Å²) in [7, 11) is 1.69. The van der Waals surface area contributed by atoms with Gasteiger partial charge in [0, 0.05) is 12.5 Å². The van der Waals surface area contributed by atoms with E-state index >= 15 is 0 Å². The molecule has 0 aliphatic rings. The third-order valence-electron chi connectivity index (χ3n) is 3.83.